The first-order chi connectivity index (χ1) is 5.85. The van der Waals surface area contributed by atoms with Crippen LogP contribution in [0.15, 0.2) is 12.7 Å². The van der Waals surface area contributed by atoms with Gasteiger partial charge in [-0.15, -0.1) is 6.58 Å². The lowest BCUT2D eigenvalue weighted by molar-refractivity contribution is 0.0854. The van der Waals surface area contributed by atoms with E-state index in [4.69, 9.17) is 10.00 Å². The molecule has 0 heterocycles. The van der Waals surface area contributed by atoms with E-state index < -0.39 is 0 Å². The molecule has 1 atom stereocenters. The van der Waals surface area contributed by atoms with Gasteiger partial charge in [-0.3, -0.25) is 0 Å². The fourth-order valence-electron chi connectivity index (χ4n) is 0.887. The molecule has 0 spiro atoms. The molecule has 12 heavy (non-hydrogen) atoms. The molecule has 0 N–H and O–H groups in total. The highest BCUT2D eigenvalue weighted by atomic mass is 16.5. The standard InChI is InChI=1S/C10H17NO/c1-3-5-6-9-12-10(4-2)7-8-11/h4,10H,2-3,5-7,9H2,1H3. The maximum absolute atomic E-state index is 8.39. The van der Waals surface area contributed by atoms with E-state index in [1.54, 1.807) is 6.08 Å². The van der Waals surface area contributed by atoms with E-state index in [0.717, 1.165) is 13.0 Å². The van der Waals surface area contributed by atoms with Crippen molar-refractivity contribution in [3.63, 3.8) is 0 Å². The molecule has 0 aliphatic rings. The van der Waals surface area contributed by atoms with Gasteiger partial charge in [0.15, 0.2) is 0 Å². The van der Waals surface area contributed by atoms with Crippen molar-refractivity contribution in [2.75, 3.05) is 6.61 Å². The Labute approximate surface area is 74.8 Å². The molecule has 0 saturated heterocycles. The van der Waals surface area contributed by atoms with Crippen molar-refractivity contribution in [3.05, 3.63) is 12.7 Å². The van der Waals surface area contributed by atoms with Crippen LogP contribution >= 0.6 is 0 Å². The summed E-state index contributed by atoms with van der Waals surface area (Å²) in [6.07, 6.45) is 5.49. The minimum Gasteiger partial charge on any atom is -0.373 e. The third-order valence-corrected chi connectivity index (χ3v) is 1.64. The van der Waals surface area contributed by atoms with Gasteiger partial charge in [0.1, 0.15) is 0 Å². The Kier molecular flexibility index (Phi) is 7.73. The second-order valence-corrected chi connectivity index (χ2v) is 2.71. The van der Waals surface area contributed by atoms with Gasteiger partial charge in [-0.2, -0.15) is 5.26 Å². The lowest BCUT2D eigenvalue weighted by Gasteiger charge is -2.09. The highest BCUT2D eigenvalue weighted by Crippen LogP contribution is 2.01. The van der Waals surface area contributed by atoms with Gasteiger partial charge in [-0.1, -0.05) is 25.8 Å². The molecule has 0 saturated carbocycles. The van der Waals surface area contributed by atoms with Gasteiger partial charge in [-0.05, 0) is 6.42 Å². The topological polar surface area (TPSA) is 33.0 Å². The third-order valence-electron chi connectivity index (χ3n) is 1.64. The number of hydrogen-bond donors (Lipinski definition) is 0. The smallest absolute Gasteiger partial charge is 0.0883 e. The summed E-state index contributed by atoms with van der Waals surface area (Å²) in [6, 6.07) is 2.06. The van der Waals surface area contributed by atoms with E-state index >= 15 is 0 Å². The maximum Gasteiger partial charge on any atom is 0.0883 e. The molecule has 0 aliphatic carbocycles. The third kappa shape index (κ3) is 5.94. The molecule has 68 valence electrons. The van der Waals surface area contributed by atoms with E-state index in [1.165, 1.54) is 12.8 Å². The number of ether oxygens (including phenoxy) is 1. The normalized spacial score (nSPS) is 12.0. The quantitative estimate of drug-likeness (QED) is 0.431. The number of hydrogen-bond acceptors (Lipinski definition) is 2. The summed E-state index contributed by atoms with van der Waals surface area (Å²) in [4.78, 5) is 0. The molecule has 0 aromatic rings. The number of nitrogens with zero attached hydrogens (tertiary/aromatic N) is 1. The van der Waals surface area contributed by atoms with Crippen molar-refractivity contribution in [2.45, 2.75) is 38.7 Å². The van der Waals surface area contributed by atoms with Crippen molar-refractivity contribution in [3.8, 4) is 6.07 Å². The molecule has 0 bridgehead atoms. The summed E-state index contributed by atoms with van der Waals surface area (Å²) in [5.74, 6) is 0. The van der Waals surface area contributed by atoms with Gasteiger partial charge >= 0.3 is 0 Å². The van der Waals surface area contributed by atoms with Gasteiger partial charge in [0.05, 0.1) is 18.6 Å². The van der Waals surface area contributed by atoms with Gasteiger partial charge in [0, 0.05) is 6.61 Å². The second kappa shape index (κ2) is 8.29. The van der Waals surface area contributed by atoms with Gasteiger partial charge < -0.3 is 4.74 Å². The summed E-state index contributed by atoms with van der Waals surface area (Å²) in [7, 11) is 0. The first-order valence-corrected chi connectivity index (χ1v) is 4.46. The highest BCUT2D eigenvalue weighted by molar-refractivity contribution is 4.88. The zero-order valence-electron chi connectivity index (χ0n) is 7.75. The Hall–Kier alpha value is -0.810. The SMILES string of the molecule is C=CC(CC#N)OCCCCC. The van der Waals surface area contributed by atoms with Crippen LogP contribution in [0.1, 0.15) is 32.6 Å². The van der Waals surface area contributed by atoms with Crippen molar-refractivity contribution in [1.29, 1.82) is 5.26 Å². The monoisotopic (exact) mass is 167 g/mol. The minimum absolute atomic E-state index is 0.0770. The van der Waals surface area contributed by atoms with Crippen LogP contribution in [-0.2, 0) is 4.74 Å². The fraction of sp³-hybridized carbons (Fsp3) is 0.700. The van der Waals surface area contributed by atoms with Crippen LogP contribution in [0.5, 0.6) is 0 Å². The molecule has 0 aromatic heterocycles. The van der Waals surface area contributed by atoms with E-state index in [1.807, 2.05) is 0 Å². The molecule has 2 nitrogen and oxygen atoms in total. The minimum atomic E-state index is -0.0770. The van der Waals surface area contributed by atoms with Gasteiger partial charge in [0.25, 0.3) is 0 Å². The Bertz CT molecular complexity index is 148. The van der Waals surface area contributed by atoms with Crippen molar-refractivity contribution < 1.29 is 4.74 Å². The van der Waals surface area contributed by atoms with E-state index in [0.29, 0.717) is 6.42 Å². The Balaban J connectivity index is 3.33. The second-order valence-electron chi connectivity index (χ2n) is 2.71. The largest absolute Gasteiger partial charge is 0.373 e. The Morgan fingerprint density at radius 2 is 2.33 bits per heavy atom. The summed E-state index contributed by atoms with van der Waals surface area (Å²) >= 11 is 0. The number of unbranched alkanes of at least 4 members (excludes halogenated alkanes) is 2. The van der Waals surface area contributed by atoms with E-state index in [-0.39, 0.29) is 6.10 Å². The average Bonchev–Trinajstić information content (AvgIpc) is 2.10. The Morgan fingerprint density at radius 3 is 2.83 bits per heavy atom. The molecule has 2 heteroatoms. The van der Waals surface area contributed by atoms with Crippen LogP contribution in [0.25, 0.3) is 0 Å². The summed E-state index contributed by atoms with van der Waals surface area (Å²) in [5.41, 5.74) is 0. The molecule has 0 fully saturated rings. The predicted octanol–water partition coefficient (Wildman–Crippen LogP) is 2.66. The number of nitriles is 1. The molecule has 0 aliphatic heterocycles. The van der Waals surface area contributed by atoms with E-state index in [2.05, 4.69) is 19.6 Å². The van der Waals surface area contributed by atoms with Crippen LogP contribution in [0.2, 0.25) is 0 Å². The van der Waals surface area contributed by atoms with Crippen LogP contribution in [0, 0.1) is 11.3 Å². The zero-order chi connectivity index (χ0) is 9.23. The van der Waals surface area contributed by atoms with Crippen LogP contribution in [0.3, 0.4) is 0 Å². The van der Waals surface area contributed by atoms with Gasteiger partial charge in [-0.25, -0.2) is 0 Å². The average molecular weight is 167 g/mol. The Morgan fingerprint density at radius 1 is 1.58 bits per heavy atom. The van der Waals surface area contributed by atoms with Crippen LogP contribution in [0.4, 0.5) is 0 Å². The maximum atomic E-state index is 8.39. The lowest BCUT2D eigenvalue weighted by Crippen LogP contribution is -2.09. The van der Waals surface area contributed by atoms with E-state index in [9.17, 15) is 0 Å². The molecule has 1 unspecified atom stereocenters. The lowest BCUT2D eigenvalue weighted by atomic mass is 10.2. The molecule has 0 rings (SSSR count). The van der Waals surface area contributed by atoms with Crippen molar-refractivity contribution >= 4 is 0 Å². The number of rotatable bonds is 7. The summed E-state index contributed by atoms with van der Waals surface area (Å²) in [5, 5.41) is 8.39. The molecular weight excluding hydrogens is 150 g/mol. The first kappa shape index (κ1) is 11.2. The van der Waals surface area contributed by atoms with Crippen molar-refractivity contribution in [2.24, 2.45) is 0 Å². The molecule has 0 amide bonds. The molecular formula is C10H17NO. The zero-order valence-corrected chi connectivity index (χ0v) is 7.75. The predicted molar refractivity (Wildman–Crippen MR) is 49.7 cm³/mol. The fourth-order valence-corrected chi connectivity index (χ4v) is 0.887. The molecule has 0 aromatic carbocycles. The first-order valence-electron chi connectivity index (χ1n) is 4.46. The van der Waals surface area contributed by atoms with Crippen molar-refractivity contribution in [1.82, 2.24) is 0 Å². The van der Waals surface area contributed by atoms with Crippen LogP contribution < -0.4 is 0 Å². The van der Waals surface area contributed by atoms with Crippen LogP contribution in [-0.4, -0.2) is 12.7 Å². The molecule has 0 radical (unpaired) electrons. The highest BCUT2D eigenvalue weighted by Gasteiger charge is 2.01. The van der Waals surface area contributed by atoms with Gasteiger partial charge in [0.2, 0.25) is 0 Å². The summed E-state index contributed by atoms with van der Waals surface area (Å²) < 4.78 is 5.39. The summed E-state index contributed by atoms with van der Waals surface area (Å²) in [6.45, 7) is 6.50.